The quantitative estimate of drug-likeness (QED) is 0.780. The van der Waals surface area contributed by atoms with Gasteiger partial charge in [-0.05, 0) is 30.0 Å². The predicted octanol–water partition coefficient (Wildman–Crippen LogP) is 2.21. The van der Waals surface area contributed by atoms with Gasteiger partial charge in [-0.3, -0.25) is 0 Å². The molecule has 0 spiro atoms. The summed E-state index contributed by atoms with van der Waals surface area (Å²) in [6.07, 6.45) is 5.37. The average molecular weight is 216 g/mol. The Labute approximate surface area is 95.6 Å². The summed E-state index contributed by atoms with van der Waals surface area (Å²) in [5, 5.41) is 10.6. The van der Waals surface area contributed by atoms with E-state index in [2.05, 4.69) is 18.2 Å². The molecule has 2 aliphatic rings. The van der Waals surface area contributed by atoms with Gasteiger partial charge < -0.3 is 9.84 Å². The van der Waals surface area contributed by atoms with Crippen molar-refractivity contribution in [1.29, 1.82) is 0 Å². The third-order valence-electron chi connectivity index (χ3n) is 3.57. The second-order valence-corrected chi connectivity index (χ2v) is 4.68. The van der Waals surface area contributed by atoms with Crippen molar-refractivity contribution < 1.29 is 9.84 Å². The van der Waals surface area contributed by atoms with Crippen LogP contribution in [0.25, 0.3) is 0 Å². The summed E-state index contributed by atoms with van der Waals surface area (Å²) in [6.45, 7) is 0.722. The molecule has 0 aromatic heterocycles. The zero-order valence-corrected chi connectivity index (χ0v) is 9.28. The highest BCUT2D eigenvalue weighted by Crippen LogP contribution is 2.36. The van der Waals surface area contributed by atoms with Gasteiger partial charge in [-0.1, -0.05) is 24.3 Å². The van der Waals surface area contributed by atoms with E-state index in [1.54, 1.807) is 0 Å². The van der Waals surface area contributed by atoms with Gasteiger partial charge in [0, 0.05) is 12.8 Å². The van der Waals surface area contributed by atoms with Gasteiger partial charge in [0.1, 0.15) is 11.4 Å². The third-order valence-corrected chi connectivity index (χ3v) is 3.57. The fraction of sp³-hybridized carbons (Fsp3) is 0.429. The smallest absolute Gasteiger partial charge is 0.125 e. The van der Waals surface area contributed by atoms with Gasteiger partial charge in [-0.2, -0.15) is 0 Å². The summed E-state index contributed by atoms with van der Waals surface area (Å²) in [4.78, 5) is 0. The molecule has 0 radical (unpaired) electrons. The maximum Gasteiger partial charge on any atom is 0.125 e. The molecule has 3 rings (SSSR count). The molecular weight excluding hydrogens is 200 g/mol. The minimum absolute atomic E-state index is 0.689. The Bertz CT molecular complexity index is 436. The van der Waals surface area contributed by atoms with Crippen LogP contribution < -0.4 is 0 Å². The highest BCUT2D eigenvalue weighted by atomic mass is 16.5. The van der Waals surface area contributed by atoms with Crippen molar-refractivity contribution in [2.75, 3.05) is 6.61 Å². The number of ether oxygens (including phenoxy) is 1. The second kappa shape index (κ2) is 3.63. The first kappa shape index (κ1) is 9.91. The third kappa shape index (κ3) is 1.54. The SMILES string of the molecule is OC1(C2=CCCO2)CCc2ccccc2C1. The van der Waals surface area contributed by atoms with Crippen LogP contribution in [0.15, 0.2) is 36.1 Å². The first-order valence-electron chi connectivity index (χ1n) is 5.90. The van der Waals surface area contributed by atoms with Crippen molar-refractivity contribution >= 4 is 0 Å². The number of hydrogen-bond acceptors (Lipinski definition) is 2. The molecule has 1 aromatic carbocycles. The molecule has 1 aliphatic carbocycles. The molecular formula is C14H16O2. The molecule has 84 valence electrons. The van der Waals surface area contributed by atoms with E-state index in [4.69, 9.17) is 4.74 Å². The zero-order valence-electron chi connectivity index (χ0n) is 9.28. The Balaban J connectivity index is 1.91. The van der Waals surface area contributed by atoms with Gasteiger partial charge in [0.2, 0.25) is 0 Å². The minimum atomic E-state index is -0.759. The summed E-state index contributed by atoms with van der Waals surface area (Å²) in [5.41, 5.74) is 1.86. The fourth-order valence-corrected chi connectivity index (χ4v) is 2.67. The highest BCUT2D eigenvalue weighted by molar-refractivity contribution is 5.34. The van der Waals surface area contributed by atoms with Crippen molar-refractivity contribution in [3.05, 3.63) is 47.2 Å². The predicted molar refractivity (Wildman–Crippen MR) is 62.1 cm³/mol. The monoisotopic (exact) mass is 216 g/mol. The van der Waals surface area contributed by atoms with Gasteiger partial charge in [0.15, 0.2) is 0 Å². The Morgan fingerprint density at radius 1 is 1.19 bits per heavy atom. The van der Waals surface area contributed by atoms with Crippen LogP contribution in [0.1, 0.15) is 24.0 Å². The maximum atomic E-state index is 10.6. The molecule has 0 bridgehead atoms. The number of fused-ring (bicyclic) bond motifs is 1. The van der Waals surface area contributed by atoms with E-state index >= 15 is 0 Å². The lowest BCUT2D eigenvalue weighted by molar-refractivity contribution is 0.00823. The van der Waals surface area contributed by atoms with E-state index < -0.39 is 5.60 Å². The molecule has 1 N–H and O–H groups in total. The minimum Gasteiger partial charge on any atom is -0.495 e. The molecule has 1 aromatic rings. The van der Waals surface area contributed by atoms with Crippen LogP contribution in [0.3, 0.4) is 0 Å². The summed E-state index contributed by atoms with van der Waals surface area (Å²) in [5.74, 6) is 0.794. The van der Waals surface area contributed by atoms with Crippen LogP contribution in [-0.2, 0) is 17.6 Å². The van der Waals surface area contributed by atoms with Gasteiger partial charge in [-0.15, -0.1) is 0 Å². The lowest BCUT2D eigenvalue weighted by atomic mass is 9.79. The van der Waals surface area contributed by atoms with Crippen LogP contribution in [0, 0.1) is 0 Å². The Hall–Kier alpha value is -1.28. The molecule has 0 saturated carbocycles. The first-order chi connectivity index (χ1) is 7.78. The number of aliphatic hydroxyl groups is 1. The standard InChI is InChI=1S/C14H16O2/c15-14(13-6-3-9-16-13)8-7-11-4-1-2-5-12(11)10-14/h1-2,4-6,15H,3,7-10H2. The van der Waals surface area contributed by atoms with Crippen molar-refractivity contribution in [1.82, 2.24) is 0 Å². The molecule has 0 amide bonds. The number of rotatable bonds is 1. The molecule has 2 nitrogen and oxygen atoms in total. The van der Waals surface area contributed by atoms with Crippen LogP contribution in [0.5, 0.6) is 0 Å². The summed E-state index contributed by atoms with van der Waals surface area (Å²) >= 11 is 0. The number of benzene rings is 1. The van der Waals surface area contributed by atoms with Crippen molar-refractivity contribution in [3.8, 4) is 0 Å². The van der Waals surface area contributed by atoms with Crippen LogP contribution in [0.4, 0.5) is 0 Å². The van der Waals surface area contributed by atoms with E-state index in [1.165, 1.54) is 11.1 Å². The average Bonchev–Trinajstić information content (AvgIpc) is 2.83. The maximum absolute atomic E-state index is 10.6. The first-order valence-corrected chi connectivity index (χ1v) is 5.90. The number of hydrogen-bond donors (Lipinski definition) is 1. The summed E-state index contributed by atoms with van der Waals surface area (Å²) in [6, 6.07) is 8.36. The normalized spacial score (nSPS) is 28.2. The highest BCUT2D eigenvalue weighted by Gasteiger charge is 2.38. The molecule has 0 saturated heterocycles. The lowest BCUT2D eigenvalue weighted by Crippen LogP contribution is -2.38. The van der Waals surface area contributed by atoms with Crippen molar-refractivity contribution in [2.24, 2.45) is 0 Å². The Morgan fingerprint density at radius 3 is 2.75 bits per heavy atom. The molecule has 1 heterocycles. The van der Waals surface area contributed by atoms with E-state index in [0.29, 0.717) is 6.42 Å². The van der Waals surface area contributed by atoms with E-state index in [-0.39, 0.29) is 0 Å². The fourth-order valence-electron chi connectivity index (χ4n) is 2.67. The van der Waals surface area contributed by atoms with Gasteiger partial charge >= 0.3 is 0 Å². The second-order valence-electron chi connectivity index (χ2n) is 4.68. The molecule has 1 aliphatic heterocycles. The zero-order chi connectivity index (χ0) is 11.0. The van der Waals surface area contributed by atoms with Crippen LogP contribution >= 0.6 is 0 Å². The number of aryl methyl sites for hydroxylation is 1. The van der Waals surface area contributed by atoms with Crippen LogP contribution in [-0.4, -0.2) is 17.3 Å². The van der Waals surface area contributed by atoms with E-state index in [0.717, 1.165) is 31.6 Å². The molecule has 2 heteroatoms. The molecule has 0 fully saturated rings. The van der Waals surface area contributed by atoms with Crippen molar-refractivity contribution in [3.63, 3.8) is 0 Å². The largest absolute Gasteiger partial charge is 0.495 e. The Kier molecular flexibility index (Phi) is 2.25. The van der Waals surface area contributed by atoms with Crippen LogP contribution in [0.2, 0.25) is 0 Å². The summed E-state index contributed by atoms with van der Waals surface area (Å²) < 4.78 is 5.52. The summed E-state index contributed by atoms with van der Waals surface area (Å²) in [7, 11) is 0. The van der Waals surface area contributed by atoms with E-state index in [1.807, 2.05) is 12.1 Å². The van der Waals surface area contributed by atoms with E-state index in [9.17, 15) is 5.11 Å². The van der Waals surface area contributed by atoms with Gasteiger partial charge in [-0.25, -0.2) is 0 Å². The molecule has 1 atom stereocenters. The molecule has 16 heavy (non-hydrogen) atoms. The van der Waals surface area contributed by atoms with Gasteiger partial charge in [0.25, 0.3) is 0 Å². The lowest BCUT2D eigenvalue weighted by Gasteiger charge is -2.33. The molecule has 1 unspecified atom stereocenters. The Morgan fingerprint density at radius 2 is 2.00 bits per heavy atom. The van der Waals surface area contributed by atoms with Crippen molar-refractivity contribution in [2.45, 2.75) is 31.3 Å². The topological polar surface area (TPSA) is 29.5 Å². The van der Waals surface area contributed by atoms with Gasteiger partial charge in [0.05, 0.1) is 6.61 Å².